The van der Waals surface area contributed by atoms with Gasteiger partial charge in [-0.3, -0.25) is 4.79 Å². The van der Waals surface area contributed by atoms with E-state index in [2.05, 4.69) is 13.8 Å². The van der Waals surface area contributed by atoms with Gasteiger partial charge in [-0.2, -0.15) is 0 Å². The van der Waals surface area contributed by atoms with Crippen LogP contribution in [0.1, 0.15) is 50.2 Å². The second kappa shape index (κ2) is 3.60. The monoisotopic (exact) mass is 260 g/mol. The van der Waals surface area contributed by atoms with Gasteiger partial charge in [0.25, 0.3) is 0 Å². The molecule has 3 atom stereocenters. The largest absolute Gasteiger partial charge is 0.466 e. The standard InChI is InChI=1S/C16H20O3/c1-9-6-11(3)18-14(9)12(4)16-8-13(17)15(5,19-16)7-10(16)2/h6-7,12H,8H2,1-5H3/t12-,15+,16+/m1/s1. The third-order valence-electron chi connectivity index (χ3n) is 4.70. The van der Waals surface area contributed by atoms with Gasteiger partial charge in [0.15, 0.2) is 5.78 Å². The first-order valence-electron chi connectivity index (χ1n) is 6.79. The van der Waals surface area contributed by atoms with E-state index in [-0.39, 0.29) is 11.7 Å². The van der Waals surface area contributed by atoms with Crippen molar-refractivity contribution >= 4 is 5.78 Å². The Morgan fingerprint density at radius 2 is 2.00 bits per heavy atom. The molecule has 19 heavy (non-hydrogen) atoms. The second-order valence-corrected chi connectivity index (χ2v) is 6.15. The molecule has 3 nitrogen and oxygen atoms in total. The predicted molar refractivity (Wildman–Crippen MR) is 72.2 cm³/mol. The molecule has 0 spiro atoms. The highest BCUT2D eigenvalue weighted by atomic mass is 16.5. The zero-order valence-corrected chi connectivity index (χ0v) is 12.2. The van der Waals surface area contributed by atoms with Crippen LogP contribution in [0.25, 0.3) is 0 Å². The summed E-state index contributed by atoms with van der Waals surface area (Å²) in [4.78, 5) is 12.1. The molecule has 2 aliphatic rings. The van der Waals surface area contributed by atoms with Crippen LogP contribution >= 0.6 is 0 Å². The molecule has 0 radical (unpaired) electrons. The third kappa shape index (κ3) is 1.51. The molecule has 2 bridgehead atoms. The summed E-state index contributed by atoms with van der Waals surface area (Å²) in [6, 6.07) is 2.03. The zero-order chi connectivity index (χ0) is 14.0. The van der Waals surface area contributed by atoms with Crippen molar-refractivity contribution in [3.05, 3.63) is 34.8 Å². The number of Topliss-reactive ketones (excluding diaryl/α,β-unsaturated/α-hetero) is 1. The topological polar surface area (TPSA) is 39.4 Å². The summed E-state index contributed by atoms with van der Waals surface area (Å²) in [7, 11) is 0. The number of ether oxygens (including phenoxy) is 1. The molecule has 3 heteroatoms. The van der Waals surface area contributed by atoms with E-state index in [1.807, 2.05) is 32.9 Å². The Labute approximate surface area is 113 Å². The van der Waals surface area contributed by atoms with Crippen molar-refractivity contribution in [2.75, 3.05) is 0 Å². The van der Waals surface area contributed by atoms with Crippen LogP contribution in [0.3, 0.4) is 0 Å². The summed E-state index contributed by atoms with van der Waals surface area (Å²) in [5.74, 6) is 2.06. The van der Waals surface area contributed by atoms with E-state index in [0.717, 1.165) is 22.7 Å². The Morgan fingerprint density at radius 1 is 1.32 bits per heavy atom. The lowest BCUT2D eigenvalue weighted by molar-refractivity contribution is -0.127. The van der Waals surface area contributed by atoms with Gasteiger partial charge in [-0.15, -0.1) is 0 Å². The molecular weight excluding hydrogens is 240 g/mol. The normalized spacial score (nSPS) is 34.8. The van der Waals surface area contributed by atoms with Crippen LogP contribution in [-0.4, -0.2) is 17.0 Å². The fraction of sp³-hybridized carbons (Fsp3) is 0.562. The zero-order valence-electron chi connectivity index (χ0n) is 12.2. The number of hydrogen-bond acceptors (Lipinski definition) is 3. The number of hydrogen-bond donors (Lipinski definition) is 0. The van der Waals surface area contributed by atoms with E-state index in [9.17, 15) is 4.79 Å². The number of furan rings is 1. The van der Waals surface area contributed by atoms with Crippen LogP contribution in [0.5, 0.6) is 0 Å². The SMILES string of the molecule is CC1=C[C@]2(C)O[C@@]1([C@H](C)c1oc(C)cc1C)CC2=O. The van der Waals surface area contributed by atoms with Gasteiger partial charge >= 0.3 is 0 Å². The Bertz CT molecular complexity index is 595. The molecule has 1 aromatic heterocycles. The molecule has 0 amide bonds. The maximum absolute atomic E-state index is 12.1. The molecule has 3 heterocycles. The Kier molecular flexibility index (Phi) is 2.40. The lowest BCUT2D eigenvalue weighted by atomic mass is 9.74. The van der Waals surface area contributed by atoms with Crippen molar-refractivity contribution in [3.8, 4) is 0 Å². The van der Waals surface area contributed by atoms with Crippen molar-refractivity contribution in [1.29, 1.82) is 0 Å². The molecule has 0 saturated carbocycles. The van der Waals surface area contributed by atoms with Gasteiger partial charge in [0.1, 0.15) is 22.7 Å². The fourth-order valence-corrected chi connectivity index (χ4v) is 3.63. The summed E-state index contributed by atoms with van der Waals surface area (Å²) in [5.41, 5.74) is 1.04. The minimum absolute atomic E-state index is 0.0470. The molecule has 1 saturated heterocycles. The average Bonchev–Trinajstić information content (AvgIpc) is 2.86. The van der Waals surface area contributed by atoms with E-state index < -0.39 is 11.2 Å². The van der Waals surface area contributed by atoms with Crippen molar-refractivity contribution in [1.82, 2.24) is 0 Å². The fourth-order valence-electron chi connectivity index (χ4n) is 3.63. The molecule has 102 valence electrons. The quantitative estimate of drug-likeness (QED) is 0.765. The van der Waals surface area contributed by atoms with E-state index in [1.54, 1.807) is 0 Å². The summed E-state index contributed by atoms with van der Waals surface area (Å²) >= 11 is 0. The van der Waals surface area contributed by atoms with Crippen LogP contribution in [0.15, 0.2) is 22.1 Å². The molecule has 2 aliphatic heterocycles. The highest BCUT2D eigenvalue weighted by molar-refractivity contribution is 5.94. The molecular formula is C16H20O3. The van der Waals surface area contributed by atoms with Crippen LogP contribution in [-0.2, 0) is 9.53 Å². The smallest absolute Gasteiger partial charge is 0.171 e. The number of carbonyl (C=O) groups is 1. The van der Waals surface area contributed by atoms with Gasteiger partial charge in [0.05, 0.1) is 0 Å². The lowest BCUT2D eigenvalue weighted by Crippen LogP contribution is -2.34. The Balaban J connectivity index is 2.06. The van der Waals surface area contributed by atoms with Gasteiger partial charge in [0.2, 0.25) is 0 Å². The second-order valence-electron chi connectivity index (χ2n) is 6.15. The summed E-state index contributed by atoms with van der Waals surface area (Å²) in [6.07, 6.45) is 2.42. The minimum atomic E-state index is -0.728. The van der Waals surface area contributed by atoms with Gasteiger partial charge in [-0.1, -0.05) is 6.92 Å². The van der Waals surface area contributed by atoms with Crippen LogP contribution in [0, 0.1) is 13.8 Å². The molecule has 0 aromatic carbocycles. The van der Waals surface area contributed by atoms with Gasteiger partial charge < -0.3 is 9.15 Å². The van der Waals surface area contributed by atoms with Crippen molar-refractivity contribution in [3.63, 3.8) is 0 Å². The highest BCUT2D eigenvalue weighted by Crippen LogP contribution is 2.54. The maximum atomic E-state index is 12.1. The lowest BCUT2D eigenvalue weighted by Gasteiger charge is -2.32. The van der Waals surface area contributed by atoms with Gasteiger partial charge in [0, 0.05) is 12.3 Å². The van der Waals surface area contributed by atoms with Gasteiger partial charge in [-0.25, -0.2) is 0 Å². The predicted octanol–water partition coefficient (Wildman–Crippen LogP) is 3.45. The number of aryl methyl sites for hydroxylation is 2. The first kappa shape index (κ1) is 12.7. The summed E-state index contributed by atoms with van der Waals surface area (Å²) < 4.78 is 12.0. The van der Waals surface area contributed by atoms with E-state index in [4.69, 9.17) is 9.15 Å². The first-order valence-corrected chi connectivity index (χ1v) is 6.79. The van der Waals surface area contributed by atoms with Gasteiger partial charge in [-0.05, 0) is 51.0 Å². The maximum Gasteiger partial charge on any atom is 0.171 e. The molecule has 3 rings (SSSR count). The molecule has 0 N–H and O–H groups in total. The Morgan fingerprint density at radius 3 is 2.47 bits per heavy atom. The van der Waals surface area contributed by atoms with E-state index in [0.29, 0.717) is 6.42 Å². The van der Waals surface area contributed by atoms with E-state index in [1.165, 1.54) is 0 Å². The summed E-state index contributed by atoms with van der Waals surface area (Å²) in [6.45, 7) is 10.00. The summed E-state index contributed by atoms with van der Waals surface area (Å²) in [5, 5.41) is 0. The van der Waals surface area contributed by atoms with Crippen LogP contribution in [0.2, 0.25) is 0 Å². The Hall–Kier alpha value is -1.35. The van der Waals surface area contributed by atoms with E-state index >= 15 is 0 Å². The number of rotatable bonds is 2. The molecule has 0 aliphatic carbocycles. The van der Waals surface area contributed by atoms with Crippen molar-refractivity contribution in [2.24, 2.45) is 0 Å². The molecule has 1 fully saturated rings. The minimum Gasteiger partial charge on any atom is -0.466 e. The first-order chi connectivity index (χ1) is 8.78. The molecule has 1 aromatic rings. The average molecular weight is 260 g/mol. The van der Waals surface area contributed by atoms with Crippen molar-refractivity contribution < 1.29 is 13.9 Å². The highest BCUT2D eigenvalue weighted by Gasteiger charge is 2.61. The number of fused-ring (bicyclic) bond motifs is 2. The van der Waals surface area contributed by atoms with Crippen LogP contribution in [0.4, 0.5) is 0 Å². The molecule has 0 unspecified atom stereocenters. The van der Waals surface area contributed by atoms with Crippen LogP contribution < -0.4 is 0 Å². The number of ketones is 1. The van der Waals surface area contributed by atoms with Crippen molar-refractivity contribution in [2.45, 2.75) is 58.2 Å². The third-order valence-corrected chi connectivity index (χ3v) is 4.70. The number of carbonyl (C=O) groups excluding carboxylic acids is 1.